The van der Waals surface area contributed by atoms with E-state index in [0.717, 1.165) is 22.6 Å². The van der Waals surface area contributed by atoms with Crippen LogP contribution in [0.1, 0.15) is 5.56 Å². The number of nitrogens with one attached hydrogen (secondary N) is 1. The summed E-state index contributed by atoms with van der Waals surface area (Å²) >= 11 is 0. The van der Waals surface area contributed by atoms with Crippen molar-refractivity contribution in [3.8, 4) is 11.5 Å². The van der Waals surface area contributed by atoms with Crippen LogP contribution in [0.3, 0.4) is 0 Å². The first-order valence-corrected chi connectivity index (χ1v) is 6.26. The third kappa shape index (κ3) is 2.55. The minimum atomic E-state index is 0.264. The van der Waals surface area contributed by atoms with Gasteiger partial charge in [0, 0.05) is 12.1 Å². The highest BCUT2D eigenvalue weighted by atomic mass is 16.5. The molecular weight excluding hydrogens is 238 g/mol. The Morgan fingerprint density at radius 1 is 1.05 bits per heavy atom. The predicted octanol–water partition coefficient (Wildman–Crippen LogP) is 3.28. The Hall–Kier alpha value is -2.42. The Labute approximate surface area is 112 Å². The molecule has 0 atom stereocenters. The second kappa shape index (κ2) is 5.06. The molecule has 96 valence electrons. The number of fused-ring (bicyclic) bond motifs is 1. The van der Waals surface area contributed by atoms with Gasteiger partial charge in [0.1, 0.15) is 18.1 Å². The van der Waals surface area contributed by atoms with Crippen molar-refractivity contribution in [3.05, 3.63) is 59.7 Å². The lowest BCUT2D eigenvalue weighted by molar-refractivity contribution is 0.346. The largest absolute Gasteiger partial charge is 0.506 e. The van der Waals surface area contributed by atoms with E-state index in [0.29, 0.717) is 13.2 Å². The predicted molar refractivity (Wildman–Crippen MR) is 76.5 cm³/mol. The topological polar surface area (TPSA) is 41.5 Å². The van der Waals surface area contributed by atoms with Crippen LogP contribution in [0.5, 0.6) is 11.5 Å². The second-order valence-corrected chi connectivity index (χ2v) is 4.50. The van der Waals surface area contributed by atoms with Crippen molar-refractivity contribution in [1.82, 2.24) is 0 Å². The second-order valence-electron chi connectivity index (χ2n) is 4.50. The summed E-state index contributed by atoms with van der Waals surface area (Å²) in [5.41, 5.74) is 2.99. The molecule has 0 amide bonds. The fourth-order valence-corrected chi connectivity index (χ4v) is 2.10. The third-order valence-corrected chi connectivity index (χ3v) is 3.10. The molecule has 1 aliphatic heterocycles. The zero-order chi connectivity index (χ0) is 13.1. The first-order chi connectivity index (χ1) is 9.33. The molecule has 2 aromatic rings. The zero-order valence-electron chi connectivity index (χ0n) is 10.5. The van der Waals surface area contributed by atoms with Gasteiger partial charge in [-0.25, -0.2) is 0 Å². The highest BCUT2D eigenvalue weighted by Gasteiger charge is 2.10. The van der Waals surface area contributed by atoms with Gasteiger partial charge in [-0.3, -0.25) is 0 Å². The maximum atomic E-state index is 9.68. The number of hydrogen-bond acceptors (Lipinski definition) is 3. The van der Waals surface area contributed by atoms with E-state index < -0.39 is 0 Å². The Balaban J connectivity index is 1.72. The van der Waals surface area contributed by atoms with E-state index in [9.17, 15) is 5.11 Å². The SMILES string of the molecule is Oc1ccccc1NCC1=Cc2ccccc2OC1. The van der Waals surface area contributed by atoms with Gasteiger partial charge in [-0.15, -0.1) is 0 Å². The van der Waals surface area contributed by atoms with Gasteiger partial charge in [0.15, 0.2) is 0 Å². The molecule has 0 aliphatic carbocycles. The van der Waals surface area contributed by atoms with Crippen molar-refractivity contribution >= 4 is 11.8 Å². The van der Waals surface area contributed by atoms with E-state index >= 15 is 0 Å². The van der Waals surface area contributed by atoms with Crippen molar-refractivity contribution in [1.29, 1.82) is 0 Å². The van der Waals surface area contributed by atoms with Gasteiger partial charge in [0.05, 0.1) is 5.69 Å². The lowest BCUT2D eigenvalue weighted by Crippen LogP contribution is -2.14. The zero-order valence-corrected chi connectivity index (χ0v) is 10.5. The highest BCUT2D eigenvalue weighted by Crippen LogP contribution is 2.27. The number of anilines is 1. The van der Waals surface area contributed by atoms with Crippen molar-refractivity contribution < 1.29 is 9.84 Å². The number of benzene rings is 2. The molecule has 3 rings (SSSR count). The van der Waals surface area contributed by atoms with Gasteiger partial charge in [0.25, 0.3) is 0 Å². The van der Waals surface area contributed by atoms with Crippen LogP contribution in [0.25, 0.3) is 6.08 Å². The van der Waals surface area contributed by atoms with Crippen LogP contribution >= 0.6 is 0 Å². The molecule has 0 spiro atoms. The number of phenols is 1. The standard InChI is InChI=1S/C16H15NO2/c18-15-7-3-2-6-14(15)17-10-12-9-13-5-1-4-8-16(13)19-11-12/h1-9,17-18H,10-11H2. The molecule has 2 N–H and O–H groups in total. The summed E-state index contributed by atoms with van der Waals surface area (Å²) in [4.78, 5) is 0. The average molecular weight is 253 g/mol. The molecule has 2 aromatic carbocycles. The van der Waals surface area contributed by atoms with Crippen LogP contribution < -0.4 is 10.1 Å². The van der Waals surface area contributed by atoms with E-state index in [1.54, 1.807) is 12.1 Å². The van der Waals surface area contributed by atoms with Gasteiger partial charge >= 0.3 is 0 Å². The van der Waals surface area contributed by atoms with Gasteiger partial charge in [-0.2, -0.15) is 0 Å². The molecule has 1 aliphatic rings. The highest BCUT2D eigenvalue weighted by molar-refractivity contribution is 5.64. The van der Waals surface area contributed by atoms with Crippen molar-refractivity contribution in [2.75, 3.05) is 18.5 Å². The number of rotatable bonds is 3. The summed E-state index contributed by atoms with van der Waals surface area (Å²) in [7, 11) is 0. The Morgan fingerprint density at radius 2 is 1.84 bits per heavy atom. The average Bonchev–Trinajstić information content (AvgIpc) is 2.46. The maximum Gasteiger partial charge on any atom is 0.138 e. The van der Waals surface area contributed by atoms with Gasteiger partial charge in [-0.1, -0.05) is 30.3 Å². The fraction of sp³-hybridized carbons (Fsp3) is 0.125. The van der Waals surface area contributed by atoms with E-state index in [2.05, 4.69) is 11.4 Å². The van der Waals surface area contributed by atoms with E-state index in [1.807, 2.05) is 36.4 Å². The summed E-state index contributed by atoms with van der Waals surface area (Å²) in [5.74, 6) is 1.19. The summed E-state index contributed by atoms with van der Waals surface area (Å²) in [5, 5.41) is 12.9. The lowest BCUT2D eigenvalue weighted by atomic mass is 10.1. The lowest BCUT2D eigenvalue weighted by Gasteiger charge is -2.18. The maximum absolute atomic E-state index is 9.68. The van der Waals surface area contributed by atoms with Crippen LogP contribution in [0.4, 0.5) is 5.69 Å². The first kappa shape index (κ1) is 11.7. The van der Waals surface area contributed by atoms with Crippen molar-refractivity contribution in [2.24, 2.45) is 0 Å². The normalized spacial score (nSPS) is 13.2. The van der Waals surface area contributed by atoms with Crippen LogP contribution in [0, 0.1) is 0 Å². The molecule has 0 saturated heterocycles. The van der Waals surface area contributed by atoms with Crippen LogP contribution in [0.2, 0.25) is 0 Å². The van der Waals surface area contributed by atoms with Gasteiger partial charge in [-0.05, 0) is 29.8 Å². The molecule has 3 heteroatoms. The summed E-state index contributed by atoms with van der Waals surface area (Å²) < 4.78 is 5.68. The third-order valence-electron chi connectivity index (χ3n) is 3.10. The molecule has 0 radical (unpaired) electrons. The number of para-hydroxylation sites is 3. The molecule has 0 saturated carbocycles. The van der Waals surface area contributed by atoms with Crippen LogP contribution in [-0.2, 0) is 0 Å². The summed E-state index contributed by atoms with van der Waals surface area (Å²) in [6.45, 7) is 1.24. The molecule has 0 bridgehead atoms. The molecule has 0 aromatic heterocycles. The minimum absolute atomic E-state index is 0.264. The minimum Gasteiger partial charge on any atom is -0.506 e. The van der Waals surface area contributed by atoms with Crippen molar-refractivity contribution in [2.45, 2.75) is 0 Å². The number of aromatic hydroxyl groups is 1. The summed E-state index contributed by atoms with van der Waals surface area (Å²) in [6.07, 6.45) is 2.13. The number of hydrogen-bond donors (Lipinski definition) is 2. The molecule has 0 unspecified atom stereocenters. The fourth-order valence-electron chi connectivity index (χ4n) is 2.10. The molecular formula is C16H15NO2. The van der Waals surface area contributed by atoms with Gasteiger partial charge in [0.2, 0.25) is 0 Å². The summed E-state index contributed by atoms with van der Waals surface area (Å²) in [6, 6.07) is 15.2. The Bertz CT molecular complexity index is 620. The number of ether oxygens (including phenoxy) is 1. The Morgan fingerprint density at radius 3 is 2.74 bits per heavy atom. The quantitative estimate of drug-likeness (QED) is 0.825. The van der Waals surface area contributed by atoms with Gasteiger partial charge < -0.3 is 15.2 Å². The van der Waals surface area contributed by atoms with E-state index in [-0.39, 0.29) is 5.75 Å². The first-order valence-electron chi connectivity index (χ1n) is 6.26. The van der Waals surface area contributed by atoms with E-state index in [1.165, 1.54) is 0 Å². The molecule has 0 fully saturated rings. The number of phenolic OH excluding ortho intramolecular Hbond substituents is 1. The van der Waals surface area contributed by atoms with Crippen LogP contribution in [0.15, 0.2) is 54.1 Å². The van der Waals surface area contributed by atoms with Crippen LogP contribution in [-0.4, -0.2) is 18.3 Å². The monoisotopic (exact) mass is 253 g/mol. The smallest absolute Gasteiger partial charge is 0.138 e. The molecule has 19 heavy (non-hydrogen) atoms. The molecule has 1 heterocycles. The van der Waals surface area contributed by atoms with Crippen molar-refractivity contribution in [3.63, 3.8) is 0 Å². The molecule has 3 nitrogen and oxygen atoms in total. The van der Waals surface area contributed by atoms with E-state index in [4.69, 9.17) is 4.74 Å². The Kier molecular flexibility index (Phi) is 3.11.